The molecule has 0 spiro atoms. The summed E-state index contributed by atoms with van der Waals surface area (Å²) in [4.78, 5) is 29.1. The number of benzene rings is 8. The van der Waals surface area contributed by atoms with Crippen LogP contribution in [0.25, 0.3) is 0 Å². The Balaban J connectivity index is 0.895. The molecule has 14 rings (SSSR count). The molecule has 2 fully saturated rings. The first kappa shape index (κ1) is 83.5. The average Bonchev–Trinajstić information content (AvgIpc) is 0.694. The van der Waals surface area contributed by atoms with Gasteiger partial charge in [0.15, 0.2) is 11.5 Å². The highest BCUT2D eigenvalue weighted by atomic mass is 19.4. The number of hydrogen-bond acceptors (Lipinski definition) is 15. The van der Waals surface area contributed by atoms with Gasteiger partial charge in [-0.05, 0) is 94.3 Å². The highest BCUT2D eigenvalue weighted by Crippen LogP contribution is 2.64. The second-order valence-corrected chi connectivity index (χ2v) is 26.3. The van der Waals surface area contributed by atoms with Crippen molar-refractivity contribution in [2.24, 2.45) is 0 Å². The largest absolute Gasteiger partial charge is 0.493 e. The van der Waals surface area contributed by atoms with E-state index in [1.54, 1.807) is 60.7 Å². The Morgan fingerprint density at radius 3 is 1.07 bits per heavy atom. The fraction of sp³-hybridized carbons (Fsp3) is 0.375. The lowest BCUT2D eigenvalue weighted by molar-refractivity contribution is -0.461. The van der Waals surface area contributed by atoms with Crippen molar-refractivity contribution in [3.63, 3.8) is 0 Å². The van der Waals surface area contributed by atoms with E-state index in [1.165, 1.54) is 61.7 Å². The number of carbonyl (C=O) groups is 2. The molecule has 15 nitrogen and oxygen atoms in total. The Bertz CT molecular complexity index is 4330. The fourth-order valence-electron chi connectivity index (χ4n) is 12.3. The molecule has 0 N–H and O–H groups in total. The molecule has 32 heteroatoms. The molecule has 0 aromatic heterocycles. The topological polar surface area (TPSA) is 154 Å². The van der Waals surface area contributed by atoms with Gasteiger partial charge in [0.2, 0.25) is 12.6 Å². The number of alkyl halides is 17. The zero-order chi connectivity index (χ0) is 80.3. The van der Waals surface area contributed by atoms with Gasteiger partial charge in [-0.2, -0.15) is 74.6 Å². The third kappa shape index (κ3) is 18.6. The zero-order valence-electron chi connectivity index (χ0n) is 58.9. The molecule has 6 heterocycles. The van der Waals surface area contributed by atoms with Crippen molar-refractivity contribution in [3.05, 3.63) is 268 Å². The quantitative estimate of drug-likeness (QED) is 0.0322. The molecule has 8 aromatic rings. The van der Waals surface area contributed by atoms with Gasteiger partial charge in [0, 0.05) is 6.42 Å². The zero-order valence-corrected chi connectivity index (χ0v) is 58.9. The minimum absolute atomic E-state index is 0.0203. The van der Waals surface area contributed by atoms with Gasteiger partial charge in [-0.25, -0.2) is 9.59 Å². The Kier molecular flexibility index (Phi) is 26.3. The van der Waals surface area contributed by atoms with Crippen LogP contribution in [-0.4, -0.2) is 141 Å². The summed E-state index contributed by atoms with van der Waals surface area (Å²) in [5.41, 5.74) is 3.73. The molecular formula is C80H71F17O15. The van der Waals surface area contributed by atoms with E-state index in [0.717, 1.165) is 28.8 Å². The minimum Gasteiger partial charge on any atom is -0.493 e. The maximum atomic E-state index is 15.0. The maximum Gasteiger partial charge on any atom is 0.460 e. The smallest absolute Gasteiger partial charge is 0.460 e. The third-order valence-corrected chi connectivity index (χ3v) is 18.6. The van der Waals surface area contributed by atoms with Crippen LogP contribution >= 0.6 is 0 Å². The summed E-state index contributed by atoms with van der Waals surface area (Å²) in [6.07, 6.45) is -25.3. The number of esters is 2. The average molecular weight is 1600 g/mol. The Morgan fingerprint density at radius 2 is 0.679 bits per heavy atom. The first-order valence-corrected chi connectivity index (χ1v) is 34.7. The monoisotopic (exact) mass is 1590 g/mol. The maximum absolute atomic E-state index is 15.0. The Hall–Kier alpha value is -9.41. The van der Waals surface area contributed by atoms with Gasteiger partial charge in [-0.15, -0.1) is 0 Å². The van der Waals surface area contributed by atoms with Crippen LogP contribution in [0.5, 0.6) is 17.2 Å². The van der Waals surface area contributed by atoms with E-state index in [2.05, 4.69) is 0 Å². The number of hydrogen-bond donors (Lipinski definition) is 0. The van der Waals surface area contributed by atoms with Crippen molar-refractivity contribution in [3.8, 4) is 17.2 Å². The molecule has 8 bridgehead atoms. The summed E-state index contributed by atoms with van der Waals surface area (Å²) in [7, 11) is 1.30. The van der Waals surface area contributed by atoms with Crippen molar-refractivity contribution in [2.75, 3.05) is 20.3 Å². The van der Waals surface area contributed by atoms with Crippen LogP contribution in [0.15, 0.2) is 218 Å². The summed E-state index contributed by atoms with van der Waals surface area (Å²) < 4.78 is 324. The summed E-state index contributed by atoms with van der Waals surface area (Å²) in [5, 5.41) is 0. The highest BCUT2D eigenvalue weighted by Gasteiger charge is 2.95. The van der Waals surface area contributed by atoms with Crippen LogP contribution in [0.4, 0.5) is 74.6 Å². The van der Waals surface area contributed by atoms with E-state index < -0.39 is 160 Å². The van der Waals surface area contributed by atoms with Crippen LogP contribution in [-0.2, 0) is 93.4 Å². The van der Waals surface area contributed by atoms with Gasteiger partial charge in [-0.1, -0.05) is 176 Å². The van der Waals surface area contributed by atoms with E-state index >= 15 is 8.78 Å². The van der Waals surface area contributed by atoms with Crippen LogP contribution in [0.3, 0.4) is 0 Å². The van der Waals surface area contributed by atoms with Crippen LogP contribution in [0.2, 0.25) is 0 Å². The fourth-order valence-corrected chi connectivity index (χ4v) is 12.3. The Morgan fingerprint density at radius 1 is 0.348 bits per heavy atom. The van der Waals surface area contributed by atoms with Crippen molar-refractivity contribution < 1.29 is 146 Å². The van der Waals surface area contributed by atoms with Crippen LogP contribution in [0.1, 0.15) is 72.5 Å². The second kappa shape index (κ2) is 35.3. The molecule has 6 aliphatic heterocycles. The van der Waals surface area contributed by atoms with E-state index in [9.17, 15) is 75.4 Å². The number of rotatable bonds is 29. The van der Waals surface area contributed by atoms with Gasteiger partial charge >= 0.3 is 59.6 Å². The standard InChI is InChI=1S/C80H71F17O15/c1-100-60-40-57-35-38-59(60)110-72-68(106-45-54-26-15-6-16-27-54)66(104-43-52-22-11-4-12-23-52)64(102-46-55-31-29-49(30-32-55)28-17-39-73(81,82)74(83,84)75(85,86)76(87,88)77(89,90)78(91,92)79(93,94)80(95,96)97)62(112-72)47-107-69(98)56-33-36-58(37-34-56)109-71-67(105-44-53-24-13-5-14-25-53)65(103-42-51-20-9-3-10-21-51)63(61(111-71)48-108-70(57)99)101-41-50-18-7-2-8-19-50/h2-16,18-27,29-38,40,61-68,71-72H,17,28,39,41-48H2,1H3/t61-,62-,63-,64-,65+,66+,67-,68-,71-,72-/m1/s1. The van der Waals surface area contributed by atoms with Gasteiger partial charge in [0.05, 0.1) is 57.9 Å². The number of aryl methyl sites for hydroxylation is 1. The van der Waals surface area contributed by atoms with Crippen molar-refractivity contribution in [2.45, 2.75) is 168 Å². The van der Waals surface area contributed by atoms with E-state index in [4.69, 9.17) is 61.6 Å². The van der Waals surface area contributed by atoms with Gasteiger partial charge in [0.1, 0.15) is 67.8 Å². The summed E-state index contributed by atoms with van der Waals surface area (Å²) in [6, 6.07) is 60.1. The first-order chi connectivity index (χ1) is 53.2. The molecule has 0 aliphatic carbocycles. The molecule has 0 unspecified atom stereocenters. The molecule has 8 aromatic carbocycles. The Labute approximate surface area is 629 Å². The lowest BCUT2D eigenvalue weighted by atomic mass is 9.87. The molecule has 6 aliphatic rings. The van der Waals surface area contributed by atoms with Crippen molar-refractivity contribution in [1.82, 2.24) is 0 Å². The van der Waals surface area contributed by atoms with E-state index in [1.807, 2.05) is 91.0 Å². The molecule has 0 saturated carbocycles. The summed E-state index contributed by atoms with van der Waals surface area (Å²) in [5.74, 6) is -58.8. The third-order valence-electron chi connectivity index (χ3n) is 18.6. The second-order valence-electron chi connectivity index (χ2n) is 26.3. The molecular weight excluding hydrogens is 1520 g/mol. The predicted octanol–water partition coefficient (Wildman–Crippen LogP) is 17.8. The minimum atomic E-state index is -8.74. The van der Waals surface area contributed by atoms with Gasteiger partial charge < -0.3 is 61.6 Å². The summed E-state index contributed by atoms with van der Waals surface area (Å²) >= 11 is 0. The van der Waals surface area contributed by atoms with E-state index in [0.29, 0.717) is 11.1 Å². The van der Waals surface area contributed by atoms with Crippen LogP contribution in [0, 0.1) is 0 Å². The van der Waals surface area contributed by atoms with Gasteiger partial charge in [0.25, 0.3) is 0 Å². The molecule has 0 amide bonds. The normalized spacial score (nSPS) is 21.8. The molecule has 10 atom stereocenters. The first-order valence-electron chi connectivity index (χ1n) is 34.7. The SMILES string of the molecule is COc1cc2ccc1O[C@@H]1O[C@H](COC(=O)c3ccc(cc3)O[C@@H]3O[C@H](COC2=O)[C@@H](OCc2ccccc2)[C@H](OCc2ccccc2)[C@H]3OCc2ccccc2)[C@@H](OCc2ccc(CCCC(F)(F)C(F)(F)C(F)(F)C(F)(F)C(F)(F)C(F)(F)C(F)(F)C(F)(F)F)cc2)[C@H](OCc2ccccc2)[C@H]1OCc1ccccc1. The molecule has 0 radical (unpaired) electrons. The molecule has 600 valence electrons. The molecule has 112 heavy (non-hydrogen) atoms. The number of methoxy groups -OCH3 is 1. The van der Waals surface area contributed by atoms with Crippen molar-refractivity contribution >= 4 is 11.9 Å². The predicted molar refractivity (Wildman–Crippen MR) is 362 cm³/mol. The lowest BCUT2D eigenvalue weighted by Gasteiger charge is -2.45. The van der Waals surface area contributed by atoms with E-state index in [-0.39, 0.29) is 72.5 Å². The lowest BCUT2D eigenvalue weighted by Crippen LogP contribution is -2.74. The van der Waals surface area contributed by atoms with Gasteiger partial charge in [-0.3, -0.25) is 0 Å². The highest BCUT2D eigenvalue weighted by molar-refractivity contribution is 5.90. The van der Waals surface area contributed by atoms with Crippen molar-refractivity contribution in [1.29, 1.82) is 0 Å². The summed E-state index contributed by atoms with van der Waals surface area (Å²) in [6.45, 7) is -1.70. The number of halogens is 17. The van der Waals surface area contributed by atoms with Crippen LogP contribution < -0.4 is 14.2 Å². The number of carbonyl (C=O) groups excluding carboxylic acids is 2. The molecule has 2 saturated heterocycles. The number of ether oxygens (including phenoxy) is 13.